The average molecular weight is 291 g/mol. The van der Waals surface area contributed by atoms with Gasteiger partial charge >= 0.3 is 0 Å². The minimum absolute atomic E-state index is 0.193. The lowest BCUT2D eigenvalue weighted by atomic mass is 9.93. The standard InChI is InChI=1S/C11H19BrN2S/c1-11(2,7-13)8-14(3)6-10-9(12)4-5-15-10/h4-5H,6-8,13H2,1-3H3. The highest BCUT2D eigenvalue weighted by molar-refractivity contribution is 9.10. The molecule has 4 heteroatoms. The molecule has 1 heterocycles. The fourth-order valence-electron chi connectivity index (χ4n) is 1.53. The molecule has 0 aliphatic heterocycles. The molecule has 2 nitrogen and oxygen atoms in total. The molecule has 0 fully saturated rings. The predicted molar refractivity (Wildman–Crippen MR) is 71.2 cm³/mol. The van der Waals surface area contributed by atoms with E-state index in [0.717, 1.165) is 19.6 Å². The number of hydrogen-bond acceptors (Lipinski definition) is 3. The van der Waals surface area contributed by atoms with Crippen molar-refractivity contribution in [3.63, 3.8) is 0 Å². The van der Waals surface area contributed by atoms with Crippen LogP contribution in [0.25, 0.3) is 0 Å². The highest BCUT2D eigenvalue weighted by Gasteiger charge is 2.18. The Bertz CT molecular complexity index is 309. The van der Waals surface area contributed by atoms with Crippen molar-refractivity contribution < 1.29 is 0 Å². The fourth-order valence-corrected chi connectivity index (χ4v) is 3.09. The van der Waals surface area contributed by atoms with Gasteiger partial charge < -0.3 is 10.6 Å². The third kappa shape index (κ3) is 4.23. The monoisotopic (exact) mass is 290 g/mol. The van der Waals surface area contributed by atoms with Crippen LogP contribution in [0.3, 0.4) is 0 Å². The van der Waals surface area contributed by atoms with E-state index in [0.29, 0.717) is 0 Å². The van der Waals surface area contributed by atoms with Crippen LogP contribution in [0.4, 0.5) is 0 Å². The van der Waals surface area contributed by atoms with Crippen molar-refractivity contribution in [1.29, 1.82) is 0 Å². The Hall–Kier alpha value is 0.1000. The van der Waals surface area contributed by atoms with Gasteiger partial charge in [0, 0.05) is 22.4 Å². The van der Waals surface area contributed by atoms with Crippen LogP contribution in [0.15, 0.2) is 15.9 Å². The van der Waals surface area contributed by atoms with Crippen molar-refractivity contribution in [3.05, 3.63) is 20.8 Å². The number of halogens is 1. The Morgan fingerprint density at radius 1 is 1.53 bits per heavy atom. The molecule has 0 atom stereocenters. The van der Waals surface area contributed by atoms with Gasteiger partial charge in [0.1, 0.15) is 0 Å². The van der Waals surface area contributed by atoms with Gasteiger partial charge in [-0.1, -0.05) is 13.8 Å². The summed E-state index contributed by atoms with van der Waals surface area (Å²) in [5.41, 5.74) is 5.92. The minimum Gasteiger partial charge on any atom is -0.330 e. The van der Waals surface area contributed by atoms with E-state index >= 15 is 0 Å². The lowest BCUT2D eigenvalue weighted by Gasteiger charge is -2.28. The molecule has 2 N–H and O–H groups in total. The van der Waals surface area contributed by atoms with Gasteiger partial charge in [0.05, 0.1) is 0 Å². The van der Waals surface area contributed by atoms with Crippen LogP contribution in [0, 0.1) is 5.41 Å². The zero-order chi connectivity index (χ0) is 11.5. The van der Waals surface area contributed by atoms with Crippen LogP contribution in [0.2, 0.25) is 0 Å². The average Bonchev–Trinajstić information content (AvgIpc) is 2.51. The Morgan fingerprint density at radius 3 is 2.67 bits per heavy atom. The molecule has 1 aromatic rings. The van der Waals surface area contributed by atoms with Crippen molar-refractivity contribution >= 4 is 27.3 Å². The van der Waals surface area contributed by atoms with Gasteiger partial charge in [-0.2, -0.15) is 0 Å². The van der Waals surface area contributed by atoms with E-state index in [-0.39, 0.29) is 5.41 Å². The van der Waals surface area contributed by atoms with Crippen LogP contribution in [0.1, 0.15) is 18.7 Å². The van der Waals surface area contributed by atoms with Crippen LogP contribution in [-0.2, 0) is 6.54 Å². The molecule has 0 saturated heterocycles. The Labute approximate surface area is 105 Å². The summed E-state index contributed by atoms with van der Waals surface area (Å²) >= 11 is 5.34. The summed E-state index contributed by atoms with van der Waals surface area (Å²) in [5, 5.41) is 2.11. The second-order valence-electron chi connectivity index (χ2n) is 4.73. The molecule has 15 heavy (non-hydrogen) atoms. The summed E-state index contributed by atoms with van der Waals surface area (Å²) in [5.74, 6) is 0. The summed E-state index contributed by atoms with van der Waals surface area (Å²) in [7, 11) is 2.14. The number of thiophene rings is 1. The van der Waals surface area contributed by atoms with E-state index in [1.54, 1.807) is 11.3 Å². The second-order valence-corrected chi connectivity index (χ2v) is 6.59. The maximum atomic E-state index is 5.72. The van der Waals surface area contributed by atoms with Crippen LogP contribution < -0.4 is 5.73 Å². The van der Waals surface area contributed by atoms with Gasteiger partial charge in [0.25, 0.3) is 0 Å². The summed E-state index contributed by atoms with van der Waals surface area (Å²) in [6.07, 6.45) is 0. The summed E-state index contributed by atoms with van der Waals surface area (Å²) in [4.78, 5) is 3.70. The molecule has 0 amide bonds. The van der Waals surface area contributed by atoms with Crippen molar-refractivity contribution in [2.45, 2.75) is 20.4 Å². The van der Waals surface area contributed by atoms with E-state index in [1.807, 2.05) is 0 Å². The number of rotatable bonds is 5. The first-order valence-electron chi connectivity index (χ1n) is 5.05. The molecule has 1 rings (SSSR count). The number of nitrogens with zero attached hydrogens (tertiary/aromatic N) is 1. The Kier molecular flexibility index (Phi) is 4.77. The fraction of sp³-hybridized carbons (Fsp3) is 0.636. The first kappa shape index (κ1) is 13.2. The van der Waals surface area contributed by atoms with Gasteiger partial charge in [0.15, 0.2) is 0 Å². The molecule has 0 bridgehead atoms. The first-order valence-corrected chi connectivity index (χ1v) is 6.72. The van der Waals surface area contributed by atoms with E-state index in [2.05, 4.69) is 53.2 Å². The number of nitrogens with two attached hydrogens (primary N) is 1. The maximum Gasteiger partial charge on any atom is 0.0336 e. The third-order valence-corrected chi connectivity index (χ3v) is 4.27. The zero-order valence-electron chi connectivity index (χ0n) is 9.59. The lowest BCUT2D eigenvalue weighted by molar-refractivity contribution is 0.211. The molecular formula is C11H19BrN2S. The van der Waals surface area contributed by atoms with Gasteiger partial charge in [0.2, 0.25) is 0 Å². The van der Waals surface area contributed by atoms with Gasteiger partial charge in [-0.15, -0.1) is 11.3 Å². The number of hydrogen-bond donors (Lipinski definition) is 1. The van der Waals surface area contributed by atoms with E-state index in [4.69, 9.17) is 5.73 Å². The van der Waals surface area contributed by atoms with Crippen LogP contribution in [-0.4, -0.2) is 25.0 Å². The molecule has 0 aromatic carbocycles. The van der Waals surface area contributed by atoms with Crippen molar-refractivity contribution in [2.24, 2.45) is 11.1 Å². The maximum absolute atomic E-state index is 5.72. The topological polar surface area (TPSA) is 29.3 Å². The quantitative estimate of drug-likeness (QED) is 0.904. The largest absolute Gasteiger partial charge is 0.330 e. The van der Waals surface area contributed by atoms with Gasteiger partial charge in [-0.25, -0.2) is 0 Å². The van der Waals surface area contributed by atoms with Crippen molar-refractivity contribution in [1.82, 2.24) is 4.90 Å². The first-order chi connectivity index (χ1) is 6.94. The Morgan fingerprint density at radius 2 is 2.20 bits per heavy atom. The van der Waals surface area contributed by atoms with Gasteiger partial charge in [-0.05, 0) is 46.4 Å². The minimum atomic E-state index is 0.193. The predicted octanol–water partition coefficient (Wildman–Crippen LogP) is 2.93. The van der Waals surface area contributed by atoms with E-state index in [9.17, 15) is 0 Å². The summed E-state index contributed by atoms with van der Waals surface area (Å²) in [6, 6.07) is 2.10. The molecular weight excluding hydrogens is 272 g/mol. The molecule has 86 valence electrons. The normalized spacial score (nSPS) is 12.4. The SMILES string of the molecule is CN(Cc1sccc1Br)CC(C)(C)CN. The van der Waals surface area contributed by atoms with Crippen molar-refractivity contribution in [2.75, 3.05) is 20.1 Å². The van der Waals surface area contributed by atoms with Crippen molar-refractivity contribution in [3.8, 4) is 0 Å². The highest BCUT2D eigenvalue weighted by atomic mass is 79.9. The van der Waals surface area contributed by atoms with E-state index < -0.39 is 0 Å². The van der Waals surface area contributed by atoms with E-state index in [1.165, 1.54) is 9.35 Å². The molecule has 0 unspecified atom stereocenters. The lowest BCUT2D eigenvalue weighted by Crippen LogP contribution is -2.36. The molecule has 1 aromatic heterocycles. The Balaban J connectivity index is 2.50. The second kappa shape index (κ2) is 5.43. The van der Waals surface area contributed by atoms with Crippen LogP contribution >= 0.6 is 27.3 Å². The molecule has 0 aliphatic carbocycles. The van der Waals surface area contributed by atoms with Crippen LogP contribution in [0.5, 0.6) is 0 Å². The summed E-state index contributed by atoms with van der Waals surface area (Å²) < 4.78 is 1.21. The summed E-state index contributed by atoms with van der Waals surface area (Å²) in [6.45, 7) is 7.14. The molecule has 0 saturated carbocycles. The molecule has 0 radical (unpaired) electrons. The highest BCUT2D eigenvalue weighted by Crippen LogP contribution is 2.25. The zero-order valence-corrected chi connectivity index (χ0v) is 12.0. The smallest absolute Gasteiger partial charge is 0.0336 e. The molecule has 0 spiro atoms. The molecule has 0 aliphatic rings. The third-order valence-electron chi connectivity index (χ3n) is 2.36. The van der Waals surface area contributed by atoms with Gasteiger partial charge in [-0.3, -0.25) is 0 Å².